The number of imidazole rings is 1. The Morgan fingerprint density at radius 1 is 0.933 bits per heavy atom. The molecule has 0 spiro atoms. The lowest BCUT2D eigenvalue weighted by atomic mass is 10.1. The molecule has 0 aliphatic rings. The van der Waals surface area contributed by atoms with Crippen molar-refractivity contribution < 1.29 is 17.2 Å². The summed E-state index contributed by atoms with van der Waals surface area (Å²) in [5.74, 6) is -1.43. The van der Waals surface area contributed by atoms with Crippen LogP contribution in [0.3, 0.4) is 0 Å². The van der Waals surface area contributed by atoms with Gasteiger partial charge in [-0.25, -0.2) is 22.2 Å². The number of hydrogen-bond donors (Lipinski definition) is 1. The zero-order valence-corrected chi connectivity index (χ0v) is 17.0. The minimum Gasteiger partial charge on any atom is -0.331 e. The van der Waals surface area contributed by atoms with Crippen molar-refractivity contribution >= 4 is 26.7 Å². The third-order valence-electron chi connectivity index (χ3n) is 4.96. The molecule has 3 aromatic carbocycles. The normalized spacial score (nSPS) is 11.7. The molecular weight excluding hydrogens is 408 g/mol. The molecule has 0 aliphatic carbocycles. The number of sulfonamides is 1. The van der Waals surface area contributed by atoms with Crippen LogP contribution < -0.4 is 4.72 Å². The van der Waals surface area contributed by atoms with Gasteiger partial charge in [-0.1, -0.05) is 30.3 Å². The molecule has 0 radical (unpaired) electrons. The van der Waals surface area contributed by atoms with Gasteiger partial charge in [0.1, 0.15) is 5.82 Å². The average Bonchev–Trinajstić information content (AvgIpc) is 3.05. The molecule has 4 aromatic rings. The molecule has 4 rings (SSSR count). The Kier molecular flexibility index (Phi) is 5.26. The first-order valence-electron chi connectivity index (χ1n) is 9.31. The van der Waals surface area contributed by atoms with Gasteiger partial charge in [0, 0.05) is 13.5 Å². The number of nitrogens with one attached hydrogen (secondary N) is 1. The molecule has 0 amide bonds. The van der Waals surface area contributed by atoms with Crippen LogP contribution in [0.4, 0.5) is 14.5 Å². The number of hydrogen-bond acceptors (Lipinski definition) is 3. The van der Waals surface area contributed by atoms with Crippen LogP contribution in [0.1, 0.15) is 11.4 Å². The van der Waals surface area contributed by atoms with Crippen molar-refractivity contribution in [2.45, 2.75) is 17.7 Å². The summed E-state index contributed by atoms with van der Waals surface area (Å²) in [7, 11) is -2.12. The zero-order chi connectivity index (χ0) is 21.3. The number of aryl methyl sites for hydroxylation is 3. The SMILES string of the molecule is Cn1c(CCc2ccccc2NS(=O)(=O)c2ccc(F)c(F)c2)nc2ccccc21. The van der Waals surface area contributed by atoms with Crippen LogP contribution in [0, 0.1) is 11.6 Å². The number of fused-ring (bicyclic) bond motifs is 1. The van der Waals surface area contributed by atoms with E-state index in [0.717, 1.165) is 34.6 Å². The number of halogens is 2. The van der Waals surface area contributed by atoms with Gasteiger partial charge in [0.05, 0.1) is 21.6 Å². The van der Waals surface area contributed by atoms with Gasteiger partial charge < -0.3 is 4.57 Å². The highest BCUT2D eigenvalue weighted by Crippen LogP contribution is 2.23. The van der Waals surface area contributed by atoms with Crippen LogP contribution in [0.15, 0.2) is 71.6 Å². The maximum Gasteiger partial charge on any atom is 0.262 e. The van der Waals surface area contributed by atoms with E-state index in [1.165, 1.54) is 0 Å². The van der Waals surface area contributed by atoms with Gasteiger partial charge in [-0.2, -0.15) is 0 Å². The minimum atomic E-state index is -4.06. The number of para-hydroxylation sites is 3. The van der Waals surface area contributed by atoms with Crippen molar-refractivity contribution in [3.8, 4) is 0 Å². The van der Waals surface area contributed by atoms with E-state index < -0.39 is 21.7 Å². The molecule has 0 atom stereocenters. The van der Waals surface area contributed by atoms with Gasteiger partial charge in [-0.05, 0) is 48.4 Å². The Balaban J connectivity index is 1.58. The Labute approximate surface area is 173 Å². The molecule has 0 fully saturated rings. The lowest BCUT2D eigenvalue weighted by Crippen LogP contribution is -2.15. The third kappa shape index (κ3) is 3.91. The van der Waals surface area contributed by atoms with E-state index >= 15 is 0 Å². The number of nitrogens with zero attached hydrogens (tertiary/aromatic N) is 2. The first-order valence-corrected chi connectivity index (χ1v) is 10.8. The lowest BCUT2D eigenvalue weighted by molar-refractivity contribution is 0.504. The molecule has 5 nitrogen and oxygen atoms in total. The van der Waals surface area contributed by atoms with Crippen LogP contribution in [0.5, 0.6) is 0 Å². The number of aromatic nitrogens is 2. The highest BCUT2D eigenvalue weighted by Gasteiger charge is 2.18. The monoisotopic (exact) mass is 427 g/mol. The van der Waals surface area contributed by atoms with E-state index in [1.807, 2.05) is 48.0 Å². The fourth-order valence-electron chi connectivity index (χ4n) is 3.35. The molecular formula is C22H19F2N3O2S. The topological polar surface area (TPSA) is 64.0 Å². The number of benzene rings is 3. The summed E-state index contributed by atoms with van der Waals surface area (Å²) in [6.07, 6.45) is 1.16. The summed E-state index contributed by atoms with van der Waals surface area (Å²) in [6, 6.07) is 17.3. The standard InChI is InChI=1S/C22H19F2N3O2S/c1-27-21-9-5-4-8-20(21)25-22(27)13-10-15-6-2-3-7-19(15)26-30(28,29)16-11-12-17(23)18(24)14-16/h2-9,11-12,14,26H,10,13H2,1H3. The first kappa shape index (κ1) is 20.0. The molecule has 1 N–H and O–H groups in total. The largest absolute Gasteiger partial charge is 0.331 e. The molecule has 0 aliphatic heterocycles. The van der Waals surface area contributed by atoms with E-state index in [9.17, 15) is 17.2 Å². The van der Waals surface area contributed by atoms with Crippen LogP contribution in [-0.2, 0) is 29.9 Å². The molecule has 8 heteroatoms. The van der Waals surface area contributed by atoms with Crippen LogP contribution in [-0.4, -0.2) is 18.0 Å². The summed E-state index contributed by atoms with van der Waals surface area (Å²) in [5, 5.41) is 0. The van der Waals surface area contributed by atoms with Crippen LogP contribution in [0.2, 0.25) is 0 Å². The molecule has 0 bridgehead atoms. The first-order chi connectivity index (χ1) is 14.3. The summed E-state index contributed by atoms with van der Waals surface area (Å²) in [5.41, 5.74) is 3.10. The quantitative estimate of drug-likeness (QED) is 0.495. The Hall–Kier alpha value is -3.26. The van der Waals surface area contributed by atoms with Gasteiger partial charge in [0.25, 0.3) is 10.0 Å². The van der Waals surface area contributed by atoms with Crippen molar-refractivity contribution in [2.75, 3.05) is 4.72 Å². The molecule has 1 aromatic heterocycles. The second kappa shape index (κ2) is 7.87. The summed E-state index contributed by atoms with van der Waals surface area (Å²) < 4.78 is 56.4. The van der Waals surface area contributed by atoms with Crippen molar-refractivity contribution in [2.24, 2.45) is 7.05 Å². The van der Waals surface area contributed by atoms with Crippen LogP contribution >= 0.6 is 0 Å². The molecule has 30 heavy (non-hydrogen) atoms. The Bertz CT molecular complexity index is 1330. The van der Waals surface area contributed by atoms with E-state index in [1.54, 1.807) is 12.1 Å². The Morgan fingerprint density at radius 2 is 1.67 bits per heavy atom. The highest BCUT2D eigenvalue weighted by atomic mass is 32.2. The van der Waals surface area contributed by atoms with Crippen molar-refractivity contribution in [3.05, 3.63) is 89.8 Å². The van der Waals surface area contributed by atoms with Gasteiger partial charge in [-0.15, -0.1) is 0 Å². The average molecular weight is 427 g/mol. The molecule has 0 saturated heterocycles. The molecule has 1 heterocycles. The third-order valence-corrected chi connectivity index (χ3v) is 6.32. The molecule has 0 unspecified atom stereocenters. The number of anilines is 1. The highest BCUT2D eigenvalue weighted by molar-refractivity contribution is 7.92. The van der Waals surface area contributed by atoms with Crippen molar-refractivity contribution in [1.82, 2.24) is 9.55 Å². The smallest absolute Gasteiger partial charge is 0.262 e. The fourth-order valence-corrected chi connectivity index (χ4v) is 4.46. The molecule has 0 saturated carbocycles. The van der Waals surface area contributed by atoms with Crippen LogP contribution in [0.25, 0.3) is 11.0 Å². The van der Waals surface area contributed by atoms with Gasteiger partial charge >= 0.3 is 0 Å². The maximum atomic E-state index is 13.5. The van der Waals surface area contributed by atoms with Crippen molar-refractivity contribution in [1.29, 1.82) is 0 Å². The lowest BCUT2D eigenvalue weighted by Gasteiger charge is -2.13. The van der Waals surface area contributed by atoms with E-state index in [-0.39, 0.29) is 4.90 Å². The summed E-state index contributed by atoms with van der Waals surface area (Å²) in [6.45, 7) is 0. The Morgan fingerprint density at radius 3 is 2.43 bits per heavy atom. The second-order valence-electron chi connectivity index (χ2n) is 6.91. The van der Waals surface area contributed by atoms with Gasteiger partial charge in [0.15, 0.2) is 11.6 Å². The van der Waals surface area contributed by atoms with Crippen molar-refractivity contribution in [3.63, 3.8) is 0 Å². The van der Waals surface area contributed by atoms with Gasteiger partial charge in [-0.3, -0.25) is 4.72 Å². The van der Waals surface area contributed by atoms with E-state index in [2.05, 4.69) is 9.71 Å². The fraction of sp³-hybridized carbons (Fsp3) is 0.136. The predicted molar refractivity (Wildman–Crippen MR) is 112 cm³/mol. The zero-order valence-electron chi connectivity index (χ0n) is 16.1. The van der Waals surface area contributed by atoms with E-state index in [4.69, 9.17) is 0 Å². The van der Waals surface area contributed by atoms with Gasteiger partial charge in [0.2, 0.25) is 0 Å². The summed E-state index contributed by atoms with van der Waals surface area (Å²) in [4.78, 5) is 4.30. The minimum absolute atomic E-state index is 0.341. The molecule has 154 valence electrons. The summed E-state index contributed by atoms with van der Waals surface area (Å²) >= 11 is 0. The second-order valence-corrected chi connectivity index (χ2v) is 8.60. The van der Waals surface area contributed by atoms with E-state index in [0.29, 0.717) is 24.6 Å². The predicted octanol–water partition coefficient (Wildman–Crippen LogP) is 4.44. The number of rotatable bonds is 6. The maximum absolute atomic E-state index is 13.5.